The van der Waals surface area contributed by atoms with Gasteiger partial charge in [0.25, 0.3) is 0 Å². The molecule has 2 amide bonds. The van der Waals surface area contributed by atoms with Crippen LogP contribution in [-0.2, 0) is 26.8 Å². The van der Waals surface area contributed by atoms with Gasteiger partial charge in [-0.15, -0.1) is 0 Å². The summed E-state index contributed by atoms with van der Waals surface area (Å²) in [5.41, 5.74) is 6.80. The fourth-order valence-electron chi connectivity index (χ4n) is 2.59. The second kappa shape index (κ2) is 8.43. The highest BCUT2D eigenvalue weighted by molar-refractivity contribution is 5.79. The number of hydrazine groups is 1. The van der Waals surface area contributed by atoms with Crippen LogP contribution >= 0.6 is 0 Å². The standard InChI is InChI=1S/C20H32N2O4/c1-8-26-18(25)22-21-16(23)10-9-13-11-14(19(2,3)4)17(24)15(12-13)20(5,6)7/h11-12,24H,8-10H2,1-7H3,(H,21,23)(H,22,25). The number of aryl methyl sites for hydroxylation is 1. The molecule has 0 aliphatic carbocycles. The molecule has 1 aromatic carbocycles. The third-order valence-corrected chi connectivity index (χ3v) is 4.01. The Balaban J connectivity index is 2.93. The first-order chi connectivity index (χ1) is 11.9. The molecule has 0 aromatic heterocycles. The highest BCUT2D eigenvalue weighted by Crippen LogP contribution is 2.39. The van der Waals surface area contributed by atoms with Gasteiger partial charge in [0.05, 0.1) is 6.61 Å². The Labute approximate surface area is 156 Å². The van der Waals surface area contributed by atoms with Crippen molar-refractivity contribution in [3.63, 3.8) is 0 Å². The number of carbonyl (C=O) groups excluding carboxylic acids is 2. The molecule has 26 heavy (non-hydrogen) atoms. The lowest BCUT2D eigenvalue weighted by molar-refractivity contribution is -0.121. The van der Waals surface area contributed by atoms with Gasteiger partial charge in [0, 0.05) is 6.42 Å². The van der Waals surface area contributed by atoms with Crippen molar-refractivity contribution < 1.29 is 19.4 Å². The summed E-state index contributed by atoms with van der Waals surface area (Å²) in [5, 5.41) is 10.7. The van der Waals surface area contributed by atoms with E-state index in [2.05, 4.69) is 15.6 Å². The molecule has 0 saturated heterocycles. The fourth-order valence-corrected chi connectivity index (χ4v) is 2.59. The van der Waals surface area contributed by atoms with Gasteiger partial charge >= 0.3 is 6.09 Å². The Morgan fingerprint density at radius 3 is 1.92 bits per heavy atom. The van der Waals surface area contributed by atoms with Crippen LogP contribution in [0.1, 0.15) is 71.6 Å². The van der Waals surface area contributed by atoms with E-state index < -0.39 is 6.09 Å². The van der Waals surface area contributed by atoms with E-state index in [9.17, 15) is 14.7 Å². The Morgan fingerprint density at radius 2 is 1.50 bits per heavy atom. The summed E-state index contributed by atoms with van der Waals surface area (Å²) in [5.74, 6) is 0.0166. The summed E-state index contributed by atoms with van der Waals surface area (Å²) in [4.78, 5) is 23.1. The average Bonchev–Trinajstić information content (AvgIpc) is 2.49. The van der Waals surface area contributed by atoms with E-state index >= 15 is 0 Å². The van der Waals surface area contributed by atoms with Crippen molar-refractivity contribution in [2.24, 2.45) is 0 Å². The number of phenols is 1. The lowest BCUT2D eigenvalue weighted by Crippen LogP contribution is -2.42. The number of ether oxygens (including phenoxy) is 1. The van der Waals surface area contributed by atoms with Gasteiger partial charge in [0.2, 0.25) is 5.91 Å². The largest absolute Gasteiger partial charge is 0.507 e. The fraction of sp³-hybridized carbons (Fsp3) is 0.600. The molecule has 0 spiro atoms. The summed E-state index contributed by atoms with van der Waals surface area (Å²) in [6.45, 7) is 14.2. The monoisotopic (exact) mass is 364 g/mol. The molecule has 0 bridgehead atoms. The van der Waals surface area contributed by atoms with Gasteiger partial charge in [0.15, 0.2) is 0 Å². The molecule has 0 saturated carbocycles. The van der Waals surface area contributed by atoms with Gasteiger partial charge in [0.1, 0.15) is 5.75 Å². The van der Waals surface area contributed by atoms with Crippen LogP contribution in [0.3, 0.4) is 0 Å². The Hall–Kier alpha value is -2.24. The van der Waals surface area contributed by atoms with E-state index in [-0.39, 0.29) is 29.8 Å². The Bertz CT molecular complexity index is 620. The highest BCUT2D eigenvalue weighted by Gasteiger charge is 2.26. The zero-order valence-corrected chi connectivity index (χ0v) is 16.9. The van der Waals surface area contributed by atoms with Gasteiger partial charge < -0.3 is 9.84 Å². The first-order valence-electron chi connectivity index (χ1n) is 8.94. The normalized spacial score (nSPS) is 11.8. The SMILES string of the molecule is CCOC(=O)NNC(=O)CCc1cc(C(C)(C)C)c(O)c(C(C)(C)C)c1. The van der Waals surface area contributed by atoms with E-state index in [0.717, 1.165) is 16.7 Å². The minimum absolute atomic E-state index is 0.213. The second-order valence-electron chi connectivity index (χ2n) is 8.43. The van der Waals surface area contributed by atoms with Gasteiger partial charge in [-0.25, -0.2) is 10.2 Å². The minimum atomic E-state index is -0.685. The van der Waals surface area contributed by atoms with Crippen molar-refractivity contribution in [2.75, 3.05) is 6.61 Å². The molecule has 0 unspecified atom stereocenters. The van der Waals surface area contributed by atoms with Gasteiger partial charge in [-0.2, -0.15) is 0 Å². The predicted molar refractivity (Wildman–Crippen MR) is 102 cm³/mol. The molecular formula is C20H32N2O4. The number of rotatable bonds is 4. The molecule has 0 fully saturated rings. The van der Waals surface area contributed by atoms with Crippen LogP contribution in [0, 0.1) is 0 Å². The van der Waals surface area contributed by atoms with E-state index in [1.165, 1.54) is 0 Å². The first kappa shape index (κ1) is 21.8. The van der Waals surface area contributed by atoms with Crippen molar-refractivity contribution >= 4 is 12.0 Å². The zero-order valence-electron chi connectivity index (χ0n) is 16.9. The number of hydrogen-bond acceptors (Lipinski definition) is 4. The molecule has 0 radical (unpaired) electrons. The molecule has 0 heterocycles. The van der Waals surface area contributed by atoms with Crippen LogP contribution in [0.5, 0.6) is 5.75 Å². The second-order valence-corrected chi connectivity index (χ2v) is 8.43. The van der Waals surface area contributed by atoms with Crippen LogP contribution in [0.2, 0.25) is 0 Å². The molecule has 0 atom stereocenters. The van der Waals surface area contributed by atoms with E-state index in [4.69, 9.17) is 0 Å². The maximum absolute atomic E-state index is 11.9. The van der Waals surface area contributed by atoms with Crippen LogP contribution in [0.15, 0.2) is 12.1 Å². The van der Waals surface area contributed by atoms with Gasteiger partial charge in [-0.1, -0.05) is 53.7 Å². The van der Waals surface area contributed by atoms with E-state index in [1.807, 2.05) is 53.7 Å². The lowest BCUT2D eigenvalue weighted by Gasteiger charge is -2.28. The number of aromatic hydroxyl groups is 1. The zero-order chi connectivity index (χ0) is 20.1. The van der Waals surface area contributed by atoms with Crippen molar-refractivity contribution in [3.05, 3.63) is 28.8 Å². The van der Waals surface area contributed by atoms with Crippen LogP contribution in [0.25, 0.3) is 0 Å². The minimum Gasteiger partial charge on any atom is -0.507 e. The lowest BCUT2D eigenvalue weighted by atomic mass is 9.78. The number of phenolic OH excluding ortho intramolecular Hbond substituents is 1. The van der Waals surface area contributed by atoms with Crippen molar-refractivity contribution in [1.82, 2.24) is 10.9 Å². The first-order valence-corrected chi connectivity index (χ1v) is 8.94. The van der Waals surface area contributed by atoms with Crippen LogP contribution < -0.4 is 10.9 Å². The molecule has 1 aromatic rings. The third kappa shape index (κ3) is 6.24. The smallest absolute Gasteiger partial charge is 0.426 e. The molecule has 3 N–H and O–H groups in total. The quantitative estimate of drug-likeness (QED) is 0.711. The molecule has 146 valence electrons. The number of carbonyl (C=O) groups is 2. The molecule has 0 aliphatic rings. The van der Waals surface area contributed by atoms with Crippen LogP contribution in [0.4, 0.5) is 4.79 Å². The number of nitrogens with one attached hydrogen (secondary N) is 2. The summed E-state index contributed by atoms with van der Waals surface area (Å²) in [6.07, 6.45) is 0.0307. The van der Waals surface area contributed by atoms with Crippen molar-refractivity contribution in [2.45, 2.75) is 72.1 Å². The van der Waals surface area contributed by atoms with E-state index in [1.54, 1.807) is 6.92 Å². The summed E-state index contributed by atoms with van der Waals surface area (Å²) >= 11 is 0. The maximum Gasteiger partial charge on any atom is 0.426 e. The molecular weight excluding hydrogens is 332 g/mol. The summed E-state index contributed by atoms with van der Waals surface area (Å²) in [6, 6.07) is 3.91. The Kier molecular flexibility index (Phi) is 7.07. The van der Waals surface area contributed by atoms with Gasteiger partial charge in [-0.3, -0.25) is 10.2 Å². The topological polar surface area (TPSA) is 87.7 Å². The Morgan fingerprint density at radius 1 is 1.00 bits per heavy atom. The number of amides is 2. The third-order valence-electron chi connectivity index (χ3n) is 4.01. The highest BCUT2D eigenvalue weighted by atomic mass is 16.5. The molecule has 0 aliphatic heterocycles. The molecule has 1 rings (SSSR count). The molecule has 6 heteroatoms. The predicted octanol–water partition coefficient (Wildman–Crippen LogP) is 3.70. The van der Waals surface area contributed by atoms with Crippen LogP contribution in [-0.4, -0.2) is 23.7 Å². The maximum atomic E-state index is 11.9. The number of benzene rings is 1. The van der Waals surface area contributed by atoms with Crippen molar-refractivity contribution in [3.8, 4) is 5.75 Å². The van der Waals surface area contributed by atoms with Crippen molar-refractivity contribution in [1.29, 1.82) is 0 Å². The molecule has 6 nitrogen and oxygen atoms in total. The summed E-state index contributed by atoms with van der Waals surface area (Å²) in [7, 11) is 0. The number of hydrogen-bond donors (Lipinski definition) is 3. The van der Waals surface area contributed by atoms with E-state index in [0.29, 0.717) is 12.2 Å². The average molecular weight is 364 g/mol. The summed E-state index contributed by atoms with van der Waals surface area (Å²) < 4.78 is 4.68. The van der Waals surface area contributed by atoms with Gasteiger partial charge in [-0.05, 0) is 40.9 Å².